The highest BCUT2D eigenvalue weighted by molar-refractivity contribution is 6.30. The molecule has 2 nitrogen and oxygen atoms in total. The van der Waals surface area contributed by atoms with Crippen molar-refractivity contribution in [2.24, 2.45) is 17.6 Å². The molecule has 3 heteroatoms. The predicted molar refractivity (Wildman–Crippen MR) is 71.0 cm³/mol. The summed E-state index contributed by atoms with van der Waals surface area (Å²) in [4.78, 5) is 0. The van der Waals surface area contributed by atoms with E-state index in [0.717, 1.165) is 10.6 Å². The van der Waals surface area contributed by atoms with Crippen molar-refractivity contribution in [1.29, 1.82) is 0 Å². The van der Waals surface area contributed by atoms with E-state index in [2.05, 4.69) is 20.8 Å². The topological polar surface area (TPSA) is 35.2 Å². The van der Waals surface area contributed by atoms with Crippen molar-refractivity contribution in [2.75, 3.05) is 0 Å². The van der Waals surface area contributed by atoms with Gasteiger partial charge in [-0.15, -0.1) is 0 Å². The first-order valence-corrected chi connectivity index (χ1v) is 6.55. The van der Waals surface area contributed by atoms with Gasteiger partial charge in [0.05, 0.1) is 12.2 Å². The Morgan fingerprint density at radius 1 is 1.12 bits per heavy atom. The van der Waals surface area contributed by atoms with Gasteiger partial charge in [0.1, 0.15) is 0 Å². The molecule has 5 unspecified atom stereocenters. The number of rotatable bonds is 2. The van der Waals surface area contributed by atoms with Crippen molar-refractivity contribution in [3.63, 3.8) is 0 Å². The fourth-order valence-corrected chi connectivity index (χ4v) is 2.95. The molecule has 0 aromatic heterocycles. The van der Waals surface area contributed by atoms with E-state index in [1.165, 1.54) is 0 Å². The normalized spacial score (nSPS) is 34.9. The van der Waals surface area contributed by atoms with E-state index in [9.17, 15) is 0 Å². The summed E-state index contributed by atoms with van der Waals surface area (Å²) < 4.78 is 5.85. The average Bonchev–Trinajstić information content (AvgIpc) is 2.53. The van der Waals surface area contributed by atoms with Crippen molar-refractivity contribution in [2.45, 2.75) is 39.0 Å². The van der Waals surface area contributed by atoms with Gasteiger partial charge in [-0.25, -0.2) is 0 Å². The summed E-state index contributed by atoms with van der Waals surface area (Å²) in [5.41, 5.74) is 7.51. The lowest BCUT2D eigenvalue weighted by molar-refractivity contribution is 0.0489. The zero-order valence-electron chi connectivity index (χ0n) is 10.6. The quantitative estimate of drug-likeness (QED) is 0.877. The fourth-order valence-electron chi connectivity index (χ4n) is 2.82. The second kappa shape index (κ2) is 4.97. The van der Waals surface area contributed by atoms with Crippen LogP contribution in [0, 0.1) is 11.8 Å². The van der Waals surface area contributed by atoms with Crippen LogP contribution in [0.3, 0.4) is 0 Å². The molecule has 1 aromatic rings. The summed E-state index contributed by atoms with van der Waals surface area (Å²) in [6.45, 7) is 6.45. The summed E-state index contributed by atoms with van der Waals surface area (Å²) in [6.07, 6.45) is 0.499. The van der Waals surface area contributed by atoms with Crippen LogP contribution in [0.15, 0.2) is 24.3 Å². The molecule has 1 fully saturated rings. The lowest BCUT2D eigenvalue weighted by atomic mass is 9.81. The molecule has 0 amide bonds. The molecule has 0 radical (unpaired) electrons. The van der Waals surface area contributed by atoms with Crippen LogP contribution in [0.2, 0.25) is 5.02 Å². The molecule has 0 spiro atoms. The number of halogens is 1. The van der Waals surface area contributed by atoms with Gasteiger partial charge >= 0.3 is 0 Å². The third-order valence-corrected chi connectivity index (χ3v) is 4.24. The summed E-state index contributed by atoms with van der Waals surface area (Å²) in [7, 11) is 0. The molecular formula is C14H20ClNO. The Kier molecular flexibility index (Phi) is 3.76. The molecule has 1 saturated heterocycles. The molecule has 0 saturated carbocycles. The van der Waals surface area contributed by atoms with E-state index in [-0.39, 0.29) is 18.2 Å². The standard InChI is InChI=1S/C14H20ClNO/c1-8-9(2)17-10(3)13(8)14(16)11-4-6-12(15)7-5-11/h4-10,13-14H,16H2,1-3H3. The molecule has 1 heterocycles. The monoisotopic (exact) mass is 253 g/mol. The van der Waals surface area contributed by atoms with Crippen molar-refractivity contribution in [1.82, 2.24) is 0 Å². The van der Waals surface area contributed by atoms with Crippen LogP contribution in [0.5, 0.6) is 0 Å². The Hall–Kier alpha value is -0.570. The molecule has 1 aliphatic heterocycles. The first-order chi connectivity index (χ1) is 8.00. The Morgan fingerprint density at radius 2 is 1.71 bits per heavy atom. The molecular weight excluding hydrogens is 234 g/mol. The molecule has 94 valence electrons. The third-order valence-electron chi connectivity index (χ3n) is 3.99. The number of hydrogen-bond acceptors (Lipinski definition) is 2. The maximum absolute atomic E-state index is 6.37. The molecule has 17 heavy (non-hydrogen) atoms. The van der Waals surface area contributed by atoms with Gasteiger partial charge < -0.3 is 10.5 Å². The number of nitrogens with two attached hydrogens (primary N) is 1. The SMILES string of the molecule is CC1OC(C)C(C(N)c2ccc(Cl)cc2)C1C. The van der Waals surface area contributed by atoms with Crippen LogP contribution in [-0.4, -0.2) is 12.2 Å². The van der Waals surface area contributed by atoms with E-state index < -0.39 is 0 Å². The van der Waals surface area contributed by atoms with E-state index in [1.807, 2.05) is 24.3 Å². The first kappa shape index (κ1) is 12.9. The Labute approximate surface area is 108 Å². The van der Waals surface area contributed by atoms with Gasteiger partial charge in [0, 0.05) is 17.0 Å². The highest BCUT2D eigenvalue weighted by Crippen LogP contribution is 2.39. The van der Waals surface area contributed by atoms with E-state index >= 15 is 0 Å². The largest absolute Gasteiger partial charge is 0.375 e. The molecule has 1 aromatic carbocycles. The maximum atomic E-state index is 6.37. The molecule has 2 rings (SSSR count). The van der Waals surface area contributed by atoms with Gasteiger partial charge in [-0.1, -0.05) is 30.7 Å². The lowest BCUT2D eigenvalue weighted by Crippen LogP contribution is -2.30. The van der Waals surface area contributed by atoms with Crippen LogP contribution < -0.4 is 5.73 Å². The van der Waals surface area contributed by atoms with Gasteiger partial charge in [-0.05, 0) is 37.5 Å². The van der Waals surface area contributed by atoms with Gasteiger partial charge in [0.15, 0.2) is 0 Å². The fraction of sp³-hybridized carbons (Fsp3) is 0.571. The summed E-state index contributed by atoms with van der Waals surface area (Å²) in [5.74, 6) is 0.849. The third kappa shape index (κ3) is 2.49. The van der Waals surface area contributed by atoms with Gasteiger partial charge in [-0.3, -0.25) is 0 Å². The van der Waals surface area contributed by atoms with Gasteiger partial charge in [-0.2, -0.15) is 0 Å². The second-order valence-electron chi connectivity index (χ2n) is 5.06. The van der Waals surface area contributed by atoms with Crippen LogP contribution in [0.1, 0.15) is 32.4 Å². The molecule has 0 aliphatic carbocycles. The number of benzene rings is 1. The zero-order chi connectivity index (χ0) is 12.6. The van der Waals surface area contributed by atoms with Crippen LogP contribution >= 0.6 is 11.6 Å². The van der Waals surface area contributed by atoms with E-state index in [0.29, 0.717) is 11.8 Å². The highest BCUT2D eigenvalue weighted by Gasteiger charge is 2.40. The summed E-state index contributed by atoms with van der Waals surface area (Å²) in [5, 5.41) is 0.748. The minimum Gasteiger partial charge on any atom is -0.375 e. The summed E-state index contributed by atoms with van der Waals surface area (Å²) >= 11 is 5.89. The average molecular weight is 254 g/mol. The van der Waals surface area contributed by atoms with Crippen molar-refractivity contribution < 1.29 is 4.74 Å². The van der Waals surface area contributed by atoms with Crippen LogP contribution in [0.25, 0.3) is 0 Å². The Morgan fingerprint density at radius 3 is 2.18 bits per heavy atom. The Balaban J connectivity index is 2.19. The summed E-state index contributed by atoms with van der Waals surface area (Å²) in [6, 6.07) is 7.82. The number of ether oxygens (including phenoxy) is 1. The minimum atomic E-state index is 0.0159. The van der Waals surface area contributed by atoms with E-state index in [1.54, 1.807) is 0 Å². The maximum Gasteiger partial charge on any atom is 0.0600 e. The van der Waals surface area contributed by atoms with Crippen molar-refractivity contribution in [3.8, 4) is 0 Å². The highest BCUT2D eigenvalue weighted by atomic mass is 35.5. The molecule has 0 bridgehead atoms. The van der Waals surface area contributed by atoms with Crippen LogP contribution in [-0.2, 0) is 4.74 Å². The minimum absolute atomic E-state index is 0.0159. The molecule has 5 atom stereocenters. The molecule has 2 N–H and O–H groups in total. The predicted octanol–water partition coefficient (Wildman–Crippen LogP) is 3.40. The zero-order valence-corrected chi connectivity index (χ0v) is 11.3. The Bertz CT molecular complexity index is 378. The van der Waals surface area contributed by atoms with Gasteiger partial charge in [0.2, 0.25) is 0 Å². The van der Waals surface area contributed by atoms with Crippen LogP contribution in [0.4, 0.5) is 0 Å². The van der Waals surface area contributed by atoms with Gasteiger partial charge in [0.25, 0.3) is 0 Å². The molecule has 1 aliphatic rings. The lowest BCUT2D eigenvalue weighted by Gasteiger charge is -2.26. The second-order valence-corrected chi connectivity index (χ2v) is 5.50. The van der Waals surface area contributed by atoms with Crippen molar-refractivity contribution in [3.05, 3.63) is 34.9 Å². The van der Waals surface area contributed by atoms with E-state index in [4.69, 9.17) is 22.1 Å². The number of hydrogen-bond donors (Lipinski definition) is 1. The van der Waals surface area contributed by atoms with Crippen molar-refractivity contribution >= 4 is 11.6 Å². The first-order valence-electron chi connectivity index (χ1n) is 6.17. The smallest absolute Gasteiger partial charge is 0.0600 e.